The summed E-state index contributed by atoms with van der Waals surface area (Å²) in [6.07, 6.45) is -0.168. The molecule has 2 aromatic rings. The van der Waals surface area contributed by atoms with Crippen LogP contribution in [-0.2, 0) is 4.74 Å². The molecule has 4 nitrogen and oxygen atoms in total. The van der Waals surface area contributed by atoms with E-state index < -0.39 is 0 Å². The maximum absolute atomic E-state index is 13.0. The average Bonchev–Trinajstić information content (AvgIpc) is 2.62. The molecule has 1 aliphatic heterocycles. The van der Waals surface area contributed by atoms with Crippen LogP contribution in [-0.4, -0.2) is 37.6 Å². The van der Waals surface area contributed by atoms with Gasteiger partial charge in [-0.2, -0.15) is 0 Å². The maximum atomic E-state index is 13.0. The van der Waals surface area contributed by atoms with E-state index >= 15 is 0 Å². The predicted octanol–water partition coefficient (Wildman–Crippen LogP) is 3.05. The number of benzene rings is 2. The van der Waals surface area contributed by atoms with Crippen LogP contribution in [0.3, 0.4) is 0 Å². The smallest absolute Gasteiger partial charge is 0.254 e. The number of halogens is 1. The van der Waals surface area contributed by atoms with Crippen LogP contribution in [0.4, 0.5) is 4.39 Å². The van der Waals surface area contributed by atoms with Crippen molar-refractivity contribution in [2.45, 2.75) is 6.10 Å². The second kappa shape index (κ2) is 6.79. The standard InChI is InChI=1S/C18H18FNO3/c1-22-16-8-4-13(5-9-16)17-12-20(10-11-23-17)18(21)14-2-6-15(19)7-3-14/h2-9,17H,10-12H2,1H3. The van der Waals surface area contributed by atoms with Gasteiger partial charge in [-0.1, -0.05) is 12.1 Å². The second-order valence-electron chi connectivity index (χ2n) is 5.39. The monoisotopic (exact) mass is 315 g/mol. The van der Waals surface area contributed by atoms with Gasteiger partial charge in [0.15, 0.2) is 0 Å². The fourth-order valence-electron chi connectivity index (χ4n) is 2.63. The molecular formula is C18H18FNO3. The van der Waals surface area contributed by atoms with E-state index in [0.29, 0.717) is 25.3 Å². The fourth-order valence-corrected chi connectivity index (χ4v) is 2.63. The molecule has 0 saturated carbocycles. The van der Waals surface area contributed by atoms with Gasteiger partial charge in [0.25, 0.3) is 5.91 Å². The topological polar surface area (TPSA) is 38.8 Å². The molecule has 5 heteroatoms. The van der Waals surface area contributed by atoms with Crippen LogP contribution in [0.5, 0.6) is 5.75 Å². The number of methoxy groups -OCH3 is 1. The summed E-state index contributed by atoms with van der Waals surface area (Å²) in [6.45, 7) is 1.48. The van der Waals surface area contributed by atoms with E-state index in [4.69, 9.17) is 9.47 Å². The highest BCUT2D eigenvalue weighted by Crippen LogP contribution is 2.25. The summed E-state index contributed by atoms with van der Waals surface area (Å²) in [7, 11) is 1.62. The number of morpholine rings is 1. The lowest BCUT2D eigenvalue weighted by Crippen LogP contribution is -2.42. The van der Waals surface area contributed by atoms with Gasteiger partial charge in [-0.05, 0) is 42.0 Å². The number of amides is 1. The first kappa shape index (κ1) is 15.5. The van der Waals surface area contributed by atoms with Crippen molar-refractivity contribution in [2.75, 3.05) is 26.8 Å². The number of hydrogen-bond acceptors (Lipinski definition) is 3. The lowest BCUT2D eigenvalue weighted by molar-refractivity contribution is -0.0228. The zero-order valence-electron chi connectivity index (χ0n) is 12.9. The number of carbonyl (C=O) groups excluding carboxylic acids is 1. The summed E-state index contributed by atoms with van der Waals surface area (Å²) in [6, 6.07) is 13.2. The molecule has 0 radical (unpaired) electrons. The molecule has 23 heavy (non-hydrogen) atoms. The lowest BCUT2D eigenvalue weighted by atomic mass is 10.1. The molecule has 1 aliphatic rings. The van der Waals surface area contributed by atoms with Crippen LogP contribution in [0.2, 0.25) is 0 Å². The molecule has 1 amide bonds. The van der Waals surface area contributed by atoms with Gasteiger partial charge < -0.3 is 14.4 Å². The van der Waals surface area contributed by atoms with Crippen molar-refractivity contribution in [3.05, 3.63) is 65.5 Å². The highest BCUT2D eigenvalue weighted by molar-refractivity contribution is 5.94. The van der Waals surface area contributed by atoms with Gasteiger partial charge >= 0.3 is 0 Å². The molecule has 1 saturated heterocycles. The van der Waals surface area contributed by atoms with E-state index in [1.165, 1.54) is 24.3 Å². The van der Waals surface area contributed by atoms with Gasteiger partial charge in [0, 0.05) is 12.1 Å². The van der Waals surface area contributed by atoms with Crippen LogP contribution >= 0.6 is 0 Å². The Kier molecular flexibility index (Phi) is 4.57. The average molecular weight is 315 g/mol. The van der Waals surface area contributed by atoms with Gasteiger partial charge in [0.1, 0.15) is 17.7 Å². The quantitative estimate of drug-likeness (QED) is 0.874. The molecular weight excluding hydrogens is 297 g/mol. The Morgan fingerprint density at radius 1 is 1.17 bits per heavy atom. The van der Waals surface area contributed by atoms with Crippen molar-refractivity contribution in [1.29, 1.82) is 0 Å². The fraction of sp³-hybridized carbons (Fsp3) is 0.278. The van der Waals surface area contributed by atoms with E-state index in [-0.39, 0.29) is 17.8 Å². The Morgan fingerprint density at radius 2 is 1.87 bits per heavy atom. The maximum Gasteiger partial charge on any atom is 0.254 e. The zero-order chi connectivity index (χ0) is 16.2. The Balaban J connectivity index is 1.72. The number of carbonyl (C=O) groups is 1. The molecule has 1 unspecified atom stereocenters. The summed E-state index contributed by atoms with van der Waals surface area (Å²) >= 11 is 0. The van der Waals surface area contributed by atoms with E-state index in [1.807, 2.05) is 24.3 Å². The van der Waals surface area contributed by atoms with Gasteiger partial charge in [-0.25, -0.2) is 4.39 Å². The van der Waals surface area contributed by atoms with Crippen molar-refractivity contribution in [2.24, 2.45) is 0 Å². The summed E-state index contributed by atoms with van der Waals surface area (Å²) < 4.78 is 23.9. The summed E-state index contributed by atoms with van der Waals surface area (Å²) in [5.41, 5.74) is 1.49. The Hall–Kier alpha value is -2.40. The second-order valence-corrected chi connectivity index (χ2v) is 5.39. The Labute approximate surface area is 134 Å². The first-order valence-electron chi connectivity index (χ1n) is 7.48. The summed E-state index contributed by atoms with van der Waals surface area (Å²) in [5, 5.41) is 0. The minimum absolute atomic E-state index is 0.105. The van der Waals surface area contributed by atoms with E-state index in [2.05, 4.69) is 0 Å². The normalized spacial score (nSPS) is 17.8. The molecule has 1 atom stereocenters. The molecule has 1 fully saturated rings. The third kappa shape index (κ3) is 3.51. The van der Waals surface area contributed by atoms with Crippen LogP contribution < -0.4 is 4.74 Å². The molecule has 2 aromatic carbocycles. The lowest BCUT2D eigenvalue weighted by Gasteiger charge is -2.33. The number of nitrogens with zero attached hydrogens (tertiary/aromatic N) is 1. The molecule has 3 rings (SSSR count). The van der Waals surface area contributed by atoms with Crippen LogP contribution in [0.25, 0.3) is 0 Å². The molecule has 0 spiro atoms. The summed E-state index contributed by atoms with van der Waals surface area (Å²) in [5.74, 6) is 0.329. The van der Waals surface area contributed by atoms with Crippen molar-refractivity contribution in [1.82, 2.24) is 4.90 Å². The number of ether oxygens (including phenoxy) is 2. The molecule has 1 heterocycles. The number of hydrogen-bond donors (Lipinski definition) is 0. The SMILES string of the molecule is COc1ccc(C2CN(C(=O)c3ccc(F)cc3)CCO2)cc1. The third-order valence-electron chi connectivity index (χ3n) is 3.93. The van der Waals surface area contributed by atoms with Crippen molar-refractivity contribution < 1.29 is 18.7 Å². The molecule has 0 aliphatic carbocycles. The van der Waals surface area contributed by atoms with E-state index in [1.54, 1.807) is 12.0 Å². The largest absolute Gasteiger partial charge is 0.497 e. The van der Waals surface area contributed by atoms with E-state index in [9.17, 15) is 9.18 Å². The Bertz CT molecular complexity index is 670. The highest BCUT2D eigenvalue weighted by Gasteiger charge is 2.26. The van der Waals surface area contributed by atoms with Gasteiger partial charge in [-0.3, -0.25) is 4.79 Å². The third-order valence-corrected chi connectivity index (χ3v) is 3.93. The molecule has 0 N–H and O–H groups in total. The zero-order valence-corrected chi connectivity index (χ0v) is 12.9. The highest BCUT2D eigenvalue weighted by atomic mass is 19.1. The van der Waals surface area contributed by atoms with Crippen LogP contribution in [0, 0.1) is 5.82 Å². The minimum Gasteiger partial charge on any atom is -0.497 e. The van der Waals surface area contributed by atoms with Gasteiger partial charge in [0.05, 0.1) is 20.3 Å². The van der Waals surface area contributed by atoms with Crippen molar-refractivity contribution in [3.63, 3.8) is 0 Å². The molecule has 120 valence electrons. The first-order valence-corrected chi connectivity index (χ1v) is 7.48. The predicted molar refractivity (Wildman–Crippen MR) is 84.0 cm³/mol. The van der Waals surface area contributed by atoms with Gasteiger partial charge in [-0.15, -0.1) is 0 Å². The van der Waals surface area contributed by atoms with Gasteiger partial charge in [0.2, 0.25) is 0 Å². The molecule has 0 aromatic heterocycles. The Morgan fingerprint density at radius 3 is 2.52 bits per heavy atom. The van der Waals surface area contributed by atoms with Crippen molar-refractivity contribution >= 4 is 5.91 Å². The first-order chi connectivity index (χ1) is 11.2. The van der Waals surface area contributed by atoms with E-state index in [0.717, 1.165) is 11.3 Å². The summed E-state index contributed by atoms with van der Waals surface area (Å²) in [4.78, 5) is 14.3. The minimum atomic E-state index is -0.348. The van der Waals surface area contributed by atoms with Crippen LogP contribution in [0.15, 0.2) is 48.5 Å². The number of rotatable bonds is 3. The van der Waals surface area contributed by atoms with Crippen LogP contribution in [0.1, 0.15) is 22.0 Å². The molecule has 0 bridgehead atoms. The van der Waals surface area contributed by atoms with Crippen molar-refractivity contribution in [3.8, 4) is 5.75 Å².